The van der Waals surface area contributed by atoms with Gasteiger partial charge in [0.1, 0.15) is 5.82 Å². The van der Waals surface area contributed by atoms with Crippen LogP contribution in [0.3, 0.4) is 0 Å². The average Bonchev–Trinajstić information content (AvgIpc) is 3.29. The molecule has 1 unspecified atom stereocenters. The maximum atomic E-state index is 12.9. The summed E-state index contributed by atoms with van der Waals surface area (Å²) in [6.07, 6.45) is 5.13. The Bertz CT molecular complexity index is 1160. The highest BCUT2D eigenvalue weighted by Crippen LogP contribution is 2.33. The fraction of sp³-hybridized carbons (Fsp3) is 0.400. The molecule has 1 atom stereocenters. The predicted molar refractivity (Wildman–Crippen MR) is 110 cm³/mol. The molecule has 3 aromatic rings. The van der Waals surface area contributed by atoms with E-state index in [2.05, 4.69) is 17.2 Å². The number of aryl methyl sites for hydroxylation is 2. The van der Waals surface area contributed by atoms with Crippen LogP contribution >= 0.6 is 0 Å². The molecule has 0 saturated carbocycles. The molecule has 0 bridgehead atoms. The van der Waals surface area contributed by atoms with Crippen molar-refractivity contribution in [2.45, 2.75) is 32.2 Å². The van der Waals surface area contributed by atoms with Crippen molar-refractivity contribution < 1.29 is 9.53 Å². The van der Waals surface area contributed by atoms with Crippen LogP contribution in [0.2, 0.25) is 0 Å². The third kappa shape index (κ3) is 3.17. The molecule has 4 heterocycles. The number of carbonyl (C=O) groups is 1. The zero-order chi connectivity index (χ0) is 20.8. The van der Waals surface area contributed by atoms with Gasteiger partial charge in [0.15, 0.2) is 0 Å². The second-order valence-electron chi connectivity index (χ2n) is 7.54. The van der Waals surface area contributed by atoms with Crippen LogP contribution < -0.4 is 16.6 Å². The zero-order valence-electron chi connectivity index (χ0n) is 16.7. The summed E-state index contributed by atoms with van der Waals surface area (Å²) in [4.78, 5) is 28.4. The van der Waals surface area contributed by atoms with E-state index in [0.717, 1.165) is 29.3 Å². The molecule has 1 aliphatic heterocycles. The Morgan fingerprint density at radius 3 is 2.86 bits per heavy atom. The molecule has 152 valence electrons. The third-order valence-corrected chi connectivity index (χ3v) is 5.68. The van der Waals surface area contributed by atoms with Crippen LogP contribution in [0.5, 0.6) is 0 Å². The fourth-order valence-corrected chi connectivity index (χ4v) is 3.94. The molecule has 9 heteroatoms. The van der Waals surface area contributed by atoms with Gasteiger partial charge >= 0.3 is 6.03 Å². The number of hydrogen-bond donors (Lipinski definition) is 2. The quantitative estimate of drug-likeness (QED) is 0.700. The molecule has 4 rings (SSSR count). The summed E-state index contributed by atoms with van der Waals surface area (Å²) in [5, 5.41) is 8.12. The van der Waals surface area contributed by atoms with Crippen LogP contribution in [-0.4, -0.2) is 38.6 Å². The number of pyridine rings is 1. The number of anilines is 1. The van der Waals surface area contributed by atoms with Gasteiger partial charge in [0.25, 0.3) is 5.56 Å². The fourth-order valence-electron chi connectivity index (χ4n) is 3.94. The van der Waals surface area contributed by atoms with E-state index in [1.807, 2.05) is 17.8 Å². The molecular formula is C20H24N6O3. The second kappa shape index (κ2) is 7.00. The highest BCUT2D eigenvalue weighted by atomic mass is 16.5. The van der Waals surface area contributed by atoms with Gasteiger partial charge in [-0.25, -0.2) is 14.5 Å². The number of urea groups is 1. The normalized spacial score (nSPS) is 19.0. The van der Waals surface area contributed by atoms with E-state index < -0.39 is 11.6 Å². The van der Waals surface area contributed by atoms with Gasteiger partial charge in [-0.3, -0.25) is 10.1 Å². The van der Waals surface area contributed by atoms with Crippen molar-refractivity contribution in [3.63, 3.8) is 0 Å². The van der Waals surface area contributed by atoms with Crippen molar-refractivity contribution in [2.75, 3.05) is 18.5 Å². The molecule has 0 spiro atoms. The Morgan fingerprint density at radius 2 is 2.21 bits per heavy atom. The topological polar surface area (TPSA) is 117 Å². The van der Waals surface area contributed by atoms with Crippen molar-refractivity contribution in [1.29, 1.82) is 0 Å². The Labute approximate surface area is 167 Å². The van der Waals surface area contributed by atoms with Crippen LogP contribution in [-0.2, 0) is 17.3 Å². The number of carbonyl (C=O) groups excluding carboxylic acids is 1. The number of rotatable bonds is 4. The number of primary amides is 1. The van der Waals surface area contributed by atoms with Gasteiger partial charge in [0.05, 0.1) is 29.6 Å². The smallest absolute Gasteiger partial charge is 0.317 e. The lowest BCUT2D eigenvalue weighted by atomic mass is 9.95. The van der Waals surface area contributed by atoms with Gasteiger partial charge in [0.2, 0.25) is 0 Å². The molecule has 1 saturated heterocycles. The summed E-state index contributed by atoms with van der Waals surface area (Å²) in [5.41, 5.74) is 7.72. The molecule has 0 aromatic carbocycles. The molecule has 2 amide bonds. The lowest BCUT2D eigenvalue weighted by Crippen LogP contribution is -2.43. The van der Waals surface area contributed by atoms with Crippen LogP contribution in [0.4, 0.5) is 10.6 Å². The van der Waals surface area contributed by atoms with Crippen molar-refractivity contribution >= 4 is 22.8 Å². The maximum absolute atomic E-state index is 12.9. The van der Waals surface area contributed by atoms with E-state index >= 15 is 0 Å². The molecule has 1 fully saturated rings. The number of ether oxygens (including phenoxy) is 1. The van der Waals surface area contributed by atoms with Gasteiger partial charge in [-0.05, 0) is 31.9 Å². The summed E-state index contributed by atoms with van der Waals surface area (Å²) in [5.74, 6) is 0.358. The lowest BCUT2D eigenvalue weighted by molar-refractivity contribution is 0.141. The van der Waals surface area contributed by atoms with Crippen LogP contribution in [0.25, 0.3) is 22.2 Å². The van der Waals surface area contributed by atoms with E-state index in [1.54, 1.807) is 29.9 Å². The Balaban J connectivity index is 1.92. The first-order chi connectivity index (χ1) is 13.8. The minimum absolute atomic E-state index is 0.0981. The van der Waals surface area contributed by atoms with Crippen LogP contribution in [0.15, 0.2) is 29.3 Å². The Kier molecular flexibility index (Phi) is 4.62. The summed E-state index contributed by atoms with van der Waals surface area (Å²) in [6.45, 7) is 4.95. The average molecular weight is 396 g/mol. The van der Waals surface area contributed by atoms with Gasteiger partial charge in [0, 0.05) is 36.4 Å². The number of hydrogen-bond acceptors (Lipinski definition) is 5. The van der Waals surface area contributed by atoms with Crippen molar-refractivity contribution in [3.8, 4) is 11.3 Å². The first-order valence-electron chi connectivity index (χ1n) is 9.56. The van der Waals surface area contributed by atoms with Crippen LogP contribution in [0, 0.1) is 6.92 Å². The molecule has 0 aliphatic carbocycles. The van der Waals surface area contributed by atoms with E-state index in [4.69, 9.17) is 15.6 Å². The minimum Gasteiger partial charge on any atom is -0.379 e. The molecule has 29 heavy (non-hydrogen) atoms. The largest absolute Gasteiger partial charge is 0.379 e. The number of nitrogens with zero attached hydrogens (tertiary/aromatic N) is 4. The number of fused-ring (bicyclic) bond motifs is 1. The van der Waals surface area contributed by atoms with E-state index in [-0.39, 0.29) is 5.56 Å². The predicted octanol–water partition coefficient (Wildman–Crippen LogP) is 2.12. The molecule has 9 nitrogen and oxygen atoms in total. The Morgan fingerprint density at radius 1 is 1.41 bits per heavy atom. The zero-order valence-corrected chi connectivity index (χ0v) is 16.7. The number of amides is 2. The van der Waals surface area contributed by atoms with Crippen molar-refractivity contribution in [1.82, 2.24) is 19.3 Å². The van der Waals surface area contributed by atoms with E-state index in [9.17, 15) is 9.59 Å². The molecular weight excluding hydrogens is 372 g/mol. The third-order valence-electron chi connectivity index (χ3n) is 5.68. The number of aromatic nitrogens is 4. The number of nitrogens with two attached hydrogens (primary N) is 1. The minimum atomic E-state index is -0.678. The first-order valence-corrected chi connectivity index (χ1v) is 9.56. The van der Waals surface area contributed by atoms with Gasteiger partial charge < -0.3 is 15.0 Å². The SMILES string of the molecule is CCC1(n2nc(-c3cn(C)c4cnc(NC(N)=O)cc34)cc(C)c2=O)CCOC1. The van der Waals surface area contributed by atoms with E-state index in [0.29, 0.717) is 30.3 Å². The van der Waals surface area contributed by atoms with Crippen molar-refractivity contribution in [2.24, 2.45) is 12.8 Å². The lowest BCUT2D eigenvalue weighted by Gasteiger charge is -2.28. The molecule has 3 N–H and O–H groups in total. The first kappa shape index (κ1) is 19.1. The number of nitrogens with one attached hydrogen (secondary N) is 1. The Hall–Kier alpha value is -3.20. The monoisotopic (exact) mass is 396 g/mol. The van der Waals surface area contributed by atoms with Crippen LogP contribution in [0.1, 0.15) is 25.3 Å². The molecule has 1 aliphatic rings. The van der Waals surface area contributed by atoms with Gasteiger partial charge in [-0.15, -0.1) is 0 Å². The summed E-state index contributed by atoms with van der Waals surface area (Å²) in [6, 6.07) is 2.88. The van der Waals surface area contributed by atoms with Gasteiger partial charge in [-0.1, -0.05) is 6.92 Å². The molecule has 3 aromatic heterocycles. The summed E-state index contributed by atoms with van der Waals surface area (Å²) in [7, 11) is 1.91. The second-order valence-corrected chi connectivity index (χ2v) is 7.54. The summed E-state index contributed by atoms with van der Waals surface area (Å²) >= 11 is 0. The standard InChI is InChI=1S/C20H24N6O3/c1-4-20(5-6-29-11-20)26-18(27)12(2)7-15(24-26)14-10-25(3)16-9-22-17(8-13(14)16)23-19(21)28/h7-10H,4-6,11H2,1-3H3,(H3,21,22,23,28). The van der Waals surface area contributed by atoms with E-state index in [1.165, 1.54) is 0 Å². The van der Waals surface area contributed by atoms with Gasteiger partial charge in [-0.2, -0.15) is 5.10 Å². The summed E-state index contributed by atoms with van der Waals surface area (Å²) < 4.78 is 9.15. The maximum Gasteiger partial charge on any atom is 0.317 e. The van der Waals surface area contributed by atoms with Crippen molar-refractivity contribution in [3.05, 3.63) is 40.4 Å². The molecule has 0 radical (unpaired) electrons. The highest BCUT2D eigenvalue weighted by molar-refractivity contribution is 5.98. The highest BCUT2D eigenvalue weighted by Gasteiger charge is 2.37.